The van der Waals surface area contributed by atoms with Gasteiger partial charge in [0, 0.05) is 4.90 Å². The zero-order chi connectivity index (χ0) is 24.9. The van der Waals surface area contributed by atoms with E-state index in [1.54, 1.807) is 25.1 Å². The van der Waals surface area contributed by atoms with E-state index in [0.29, 0.717) is 5.56 Å². The van der Waals surface area contributed by atoms with Crippen molar-refractivity contribution in [3.63, 3.8) is 0 Å². The molecule has 1 amide bonds. The molecule has 174 valence electrons. The fourth-order valence-corrected chi connectivity index (χ4v) is 3.02. The van der Waals surface area contributed by atoms with Crippen LogP contribution in [0.1, 0.15) is 12.5 Å². The third-order valence-corrected chi connectivity index (χ3v) is 4.77. The maximum Gasteiger partial charge on any atom is 0.490 e. The van der Waals surface area contributed by atoms with Crippen LogP contribution >= 0.6 is 11.9 Å². The smallest absolute Gasteiger partial charge is 0.456 e. The molecule has 0 spiro atoms. The Kier molecular flexibility index (Phi) is 7.89. The minimum absolute atomic E-state index is 0.0558. The molecule has 2 rings (SSSR count). The van der Waals surface area contributed by atoms with Crippen LogP contribution in [-0.4, -0.2) is 41.3 Å². The normalized spacial score (nSPS) is 14.2. The molecule has 0 aliphatic rings. The summed E-state index contributed by atoms with van der Waals surface area (Å²) in [6.45, 7) is -0.906. The van der Waals surface area contributed by atoms with Crippen molar-refractivity contribution in [2.45, 2.75) is 36.8 Å². The standard InChI is InChI=1S/C20H17F6NO4S/c1-13-7-9-15(10-8-13)32-27(18(29)31-11-14-5-3-2-4-6-14)16(19(21,22)23)12-30-17(28)20(24,25)26/h2-10,16H,11-12H2,1H3/t16-/m1/s1/i16D. The molecule has 0 saturated carbocycles. The molecule has 12 heteroatoms. The number of nitrogens with zero attached hydrogens (tertiary/aromatic N) is 1. The lowest BCUT2D eigenvalue weighted by Gasteiger charge is -2.30. The highest BCUT2D eigenvalue weighted by atomic mass is 32.2. The molecule has 0 fully saturated rings. The number of esters is 1. The average Bonchev–Trinajstić information content (AvgIpc) is 2.74. The SMILES string of the molecule is [2H][C@](COC(=O)C(F)(F)F)(N(Sc1ccc(C)cc1)C(=O)OCc1ccccc1)C(F)(F)F. The highest BCUT2D eigenvalue weighted by Crippen LogP contribution is 2.34. The van der Waals surface area contributed by atoms with Gasteiger partial charge in [-0.3, -0.25) is 0 Å². The Labute approximate surface area is 184 Å². The van der Waals surface area contributed by atoms with Crippen molar-refractivity contribution in [3.05, 3.63) is 65.7 Å². The van der Waals surface area contributed by atoms with Gasteiger partial charge in [0.2, 0.25) is 0 Å². The Hall–Kier alpha value is -2.89. The van der Waals surface area contributed by atoms with Gasteiger partial charge in [0.1, 0.15) is 13.2 Å². The number of amides is 1. The highest BCUT2D eigenvalue weighted by molar-refractivity contribution is 7.97. The Morgan fingerprint density at radius 2 is 1.59 bits per heavy atom. The number of hydrogen-bond donors (Lipinski definition) is 0. The van der Waals surface area contributed by atoms with Gasteiger partial charge in [-0.25, -0.2) is 13.9 Å². The molecule has 0 aromatic heterocycles. The third kappa shape index (κ3) is 7.66. The summed E-state index contributed by atoms with van der Waals surface area (Å²) in [7, 11) is 0. The van der Waals surface area contributed by atoms with Crippen LogP contribution in [0, 0.1) is 6.92 Å². The minimum atomic E-state index is -5.62. The maximum absolute atomic E-state index is 13.9. The highest BCUT2D eigenvalue weighted by Gasteiger charge is 2.50. The Balaban J connectivity index is 2.37. The lowest BCUT2D eigenvalue weighted by atomic mass is 10.2. The molecular formula is C20H17F6NO4S. The molecule has 0 aliphatic carbocycles. The fraction of sp³-hybridized carbons (Fsp3) is 0.300. The van der Waals surface area contributed by atoms with E-state index in [-0.39, 0.29) is 21.1 Å². The Morgan fingerprint density at radius 1 is 1.00 bits per heavy atom. The van der Waals surface area contributed by atoms with E-state index in [4.69, 9.17) is 6.11 Å². The summed E-state index contributed by atoms with van der Waals surface area (Å²) in [6, 6.07) is 9.48. The fourth-order valence-electron chi connectivity index (χ4n) is 2.16. The number of carbonyl (C=O) groups excluding carboxylic acids is 2. The number of aryl methyl sites for hydroxylation is 1. The van der Waals surface area contributed by atoms with Gasteiger partial charge in [-0.1, -0.05) is 48.0 Å². The van der Waals surface area contributed by atoms with E-state index in [9.17, 15) is 35.9 Å². The van der Waals surface area contributed by atoms with Crippen LogP contribution in [0.2, 0.25) is 0 Å². The molecular weight excluding hydrogens is 464 g/mol. The van der Waals surface area contributed by atoms with Gasteiger partial charge in [-0.05, 0) is 36.6 Å². The van der Waals surface area contributed by atoms with Crippen molar-refractivity contribution in [3.8, 4) is 0 Å². The molecule has 5 nitrogen and oxygen atoms in total. The largest absolute Gasteiger partial charge is 0.490 e. The van der Waals surface area contributed by atoms with Gasteiger partial charge in [0.05, 0.1) is 1.37 Å². The van der Waals surface area contributed by atoms with Gasteiger partial charge in [-0.2, -0.15) is 26.3 Å². The predicted molar refractivity (Wildman–Crippen MR) is 102 cm³/mol. The van der Waals surface area contributed by atoms with E-state index >= 15 is 0 Å². The quantitative estimate of drug-likeness (QED) is 0.289. The van der Waals surface area contributed by atoms with Crippen LogP contribution in [0.25, 0.3) is 0 Å². The number of rotatable bonds is 7. The number of hydrogen-bond acceptors (Lipinski definition) is 5. The summed E-state index contributed by atoms with van der Waals surface area (Å²) >= 11 is 0.112. The predicted octanol–water partition coefficient (Wildman–Crippen LogP) is 5.68. The number of alkyl halides is 6. The van der Waals surface area contributed by atoms with Crippen LogP contribution in [-0.2, 0) is 20.9 Å². The van der Waals surface area contributed by atoms with Gasteiger partial charge in [0.25, 0.3) is 0 Å². The lowest BCUT2D eigenvalue weighted by molar-refractivity contribution is -0.211. The van der Waals surface area contributed by atoms with Crippen LogP contribution in [0.3, 0.4) is 0 Å². The summed E-state index contributed by atoms with van der Waals surface area (Å²) in [5.74, 6) is -2.93. The molecule has 2 aromatic rings. The lowest BCUT2D eigenvalue weighted by Crippen LogP contribution is -2.49. The van der Waals surface area contributed by atoms with Crippen LogP contribution in [0.5, 0.6) is 0 Å². The van der Waals surface area contributed by atoms with E-state index in [2.05, 4.69) is 4.74 Å². The molecule has 32 heavy (non-hydrogen) atoms. The first-order valence-electron chi connectivity index (χ1n) is 9.30. The van der Waals surface area contributed by atoms with Crippen LogP contribution in [0.4, 0.5) is 31.1 Å². The van der Waals surface area contributed by atoms with E-state index in [1.807, 2.05) is 0 Å². The number of ether oxygens (including phenoxy) is 2. The van der Waals surface area contributed by atoms with E-state index < -0.39 is 43.6 Å². The molecule has 0 heterocycles. The second-order valence-electron chi connectivity index (χ2n) is 6.26. The van der Waals surface area contributed by atoms with Crippen molar-refractivity contribution in [2.24, 2.45) is 0 Å². The summed E-state index contributed by atoms with van der Waals surface area (Å²) in [4.78, 5) is 23.7. The van der Waals surface area contributed by atoms with Crippen LogP contribution in [0.15, 0.2) is 59.5 Å². The molecule has 0 N–H and O–H groups in total. The van der Waals surface area contributed by atoms with E-state index in [0.717, 1.165) is 5.56 Å². The molecule has 1 atom stereocenters. The molecule has 0 unspecified atom stereocenters. The Morgan fingerprint density at radius 3 is 2.12 bits per heavy atom. The van der Waals surface area contributed by atoms with Crippen LogP contribution < -0.4 is 0 Å². The van der Waals surface area contributed by atoms with Crippen molar-refractivity contribution in [1.29, 1.82) is 0 Å². The second kappa shape index (κ2) is 10.6. The first kappa shape index (κ1) is 23.8. The second-order valence-corrected chi connectivity index (χ2v) is 7.28. The van der Waals surface area contributed by atoms with Gasteiger partial charge < -0.3 is 9.47 Å². The van der Waals surface area contributed by atoms with Crippen molar-refractivity contribution >= 4 is 24.0 Å². The summed E-state index contributed by atoms with van der Waals surface area (Å²) in [5, 5.41) is 0. The van der Waals surface area contributed by atoms with Crippen molar-refractivity contribution < 1.29 is 46.8 Å². The average molecular weight is 482 g/mol. The summed E-state index contributed by atoms with van der Waals surface area (Å²) < 4.78 is 95.2. The van der Waals surface area contributed by atoms with E-state index in [1.165, 1.54) is 36.4 Å². The maximum atomic E-state index is 13.9. The molecule has 2 aromatic carbocycles. The number of halogens is 6. The molecule has 0 radical (unpaired) electrons. The van der Waals surface area contributed by atoms with Gasteiger partial charge in [-0.15, -0.1) is 0 Å². The minimum Gasteiger partial charge on any atom is -0.456 e. The van der Waals surface area contributed by atoms with Crippen molar-refractivity contribution in [2.75, 3.05) is 6.61 Å². The first-order chi connectivity index (χ1) is 15.2. The summed E-state index contributed by atoms with van der Waals surface area (Å²) in [6.07, 6.45) is -12.9. The topological polar surface area (TPSA) is 55.8 Å². The number of benzene rings is 2. The van der Waals surface area contributed by atoms with Gasteiger partial charge in [0.15, 0.2) is 6.02 Å². The summed E-state index contributed by atoms with van der Waals surface area (Å²) in [5.41, 5.74) is 1.15. The third-order valence-electron chi connectivity index (χ3n) is 3.73. The number of carbonyl (C=O) groups is 2. The Bertz CT molecular complexity index is 956. The molecule has 0 bridgehead atoms. The van der Waals surface area contributed by atoms with Crippen molar-refractivity contribution in [1.82, 2.24) is 4.31 Å². The molecule has 0 aliphatic heterocycles. The first-order valence-corrected chi connectivity index (χ1v) is 9.57. The molecule has 0 saturated heterocycles. The zero-order valence-corrected chi connectivity index (χ0v) is 17.2. The monoisotopic (exact) mass is 482 g/mol. The zero-order valence-electron chi connectivity index (χ0n) is 17.4. The van der Waals surface area contributed by atoms with Gasteiger partial charge >= 0.3 is 24.4 Å².